The maximum Gasteiger partial charge on any atom is 0.244 e. The summed E-state index contributed by atoms with van der Waals surface area (Å²) in [4.78, 5) is 12.0. The highest BCUT2D eigenvalue weighted by Gasteiger charge is 2.13. The molecule has 1 N–H and O–H groups in total. The van der Waals surface area contributed by atoms with E-state index >= 15 is 0 Å². The van der Waals surface area contributed by atoms with Crippen LogP contribution < -0.4 is 5.32 Å². The molecular formula is C18H21BrN2O4S. The Hall–Kier alpha value is -1.90. The zero-order valence-corrected chi connectivity index (χ0v) is 17.2. The van der Waals surface area contributed by atoms with Crippen molar-refractivity contribution in [3.05, 3.63) is 64.0 Å². The second-order valence-corrected chi connectivity index (χ2v) is 8.94. The lowest BCUT2D eigenvalue weighted by molar-refractivity contribution is -0.117. The maximum atomic E-state index is 12.0. The molecule has 0 saturated carbocycles. The molecule has 1 unspecified atom stereocenters. The van der Waals surface area contributed by atoms with Crippen LogP contribution in [-0.2, 0) is 21.4 Å². The van der Waals surface area contributed by atoms with Crippen LogP contribution in [0.25, 0.3) is 6.08 Å². The number of nitrogens with one attached hydrogen (secondary N) is 1. The molecule has 0 bridgehead atoms. The van der Waals surface area contributed by atoms with Crippen molar-refractivity contribution in [3.63, 3.8) is 0 Å². The van der Waals surface area contributed by atoms with Crippen LogP contribution in [0.5, 0.6) is 0 Å². The Morgan fingerprint density at radius 1 is 1.27 bits per heavy atom. The minimum absolute atomic E-state index is 0.129. The smallest absolute Gasteiger partial charge is 0.244 e. The summed E-state index contributed by atoms with van der Waals surface area (Å²) in [6, 6.07) is 11.0. The van der Waals surface area contributed by atoms with Crippen LogP contribution in [0.15, 0.2) is 51.4 Å². The van der Waals surface area contributed by atoms with E-state index in [0.717, 1.165) is 16.3 Å². The average molecular weight is 441 g/mol. The summed E-state index contributed by atoms with van der Waals surface area (Å²) in [6.07, 6.45) is 4.07. The van der Waals surface area contributed by atoms with E-state index in [1.807, 2.05) is 31.2 Å². The van der Waals surface area contributed by atoms with E-state index < -0.39 is 10.0 Å². The zero-order chi connectivity index (χ0) is 19.3. The summed E-state index contributed by atoms with van der Waals surface area (Å²) in [5, 5.41) is 2.87. The van der Waals surface area contributed by atoms with Crippen LogP contribution in [-0.4, -0.2) is 31.9 Å². The van der Waals surface area contributed by atoms with Gasteiger partial charge in [0.2, 0.25) is 15.9 Å². The SMILES string of the molecule is CC(NC(=O)/C=C/c1ccc(CN(C)S(C)(=O)=O)o1)c1ccc(Br)cc1. The van der Waals surface area contributed by atoms with Gasteiger partial charge in [0.15, 0.2) is 0 Å². The molecule has 1 atom stereocenters. The van der Waals surface area contributed by atoms with Crippen molar-refractivity contribution in [2.75, 3.05) is 13.3 Å². The first kappa shape index (κ1) is 20.4. The topological polar surface area (TPSA) is 79.6 Å². The van der Waals surface area contributed by atoms with E-state index in [0.29, 0.717) is 11.5 Å². The number of benzene rings is 1. The third-order valence-electron chi connectivity index (χ3n) is 3.75. The average Bonchev–Trinajstić information content (AvgIpc) is 3.00. The number of halogens is 1. The molecule has 26 heavy (non-hydrogen) atoms. The Morgan fingerprint density at radius 2 is 1.92 bits per heavy atom. The number of hydrogen-bond donors (Lipinski definition) is 1. The molecule has 1 heterocycles. The fraction of sp³-hybridized carbons (Fsp3) is 0.278. The molecule has 1 aromatic heterocycles. The summed E-state index contributed by atoms with van der Waals surface area (Å²) in [6.45, 7) is 2.04. The Balaban J connectivity index is 1.93. The lowest BCUT2D eigenvalue weighted by Crippen LogP contribution is -2.24. The molecule has 0 aliphatic carbocycles. The van der Waals surface area contributed by atoms with Crippen LogP contribution in [0, 0.1) is 0 Å². The molecule has 0 aliphatic heterocycles. The molecule has 2 rings (SSSR count). The molecule has 6 nitrogen and oxygen atoms in total. The number of carbonyl (C=O) groups is 1. The summed E-state index contributed by atoms with van der Waals surface area (Å²) < 4.78 is 30.5. The van der Waals surface area contributed by atoms with Gasteiger partial charge in [0.1, 0.15) is 11.5 Å². The summed E-state index contributed by atoms with van der Waals surface area (Å²) in [5.41, 5.74) is 0.999. The van der Waals surface area contributed by atoms with Gasteiger partial charge in [-0.1, -0.05) is 28.1 Å². The minimum atomic E-state index is -3.27. The van der Waals surface area contributed by atoms with Crippen molar-refractivity contribution in [1.82, 2.24) is 9.62 Å². The van der Waals surface area contributed by atoms with Gasteiger partial charge in [0.05, 0.1) is 18.8 Å². The summed E-state index contributed by atoms with van der Waals surface area (Å²) >= 11 is 3.38. The first-order valence-electron chi connectivity index (χ1n) is 7.89. The zero-order valence-electron chi connectivity index (χ0n) is 14.8. The van der Waals surface area contributed by atoms with Crippen molar-refractivity contribution in [3.8, 4) is 0 Å². The second kappa shape index (κ2) is 8.66. The van der Waals surface area contributed by atoms with Gasteiger partial charge in [0, 0.05) is 17.6 Å². The molecule has 1 aromatic carbocycles. The van der Waals surface area contributed by atoms with E-state index in [4.69, 9.17) is 4.42 Å². The van der Waals surface area contributed by atoms with Gasteiger partial charge in [-0.3, -0.25) is 4.79 Å². The molecule has 0 fully saturated rings. The molecule has 2 aromatic rings. The number of hydrogen-bond acceptors (Lipinski definition) is 4. The third-order valence-corrected chi connectivity index (χ3v) is 5.54. The number of nitrogens with zero attached hydrogens (tertiary/aromatic N) is 1. The quantitative estimate of drug-likeness (QED) is 0.669. The Labute approximate surface area is 162 Å². The van der Waals surface area contributed by atoms with E-state index in [1.165, 1.54) is 17.4 Å². The number of carbonyl (C=O) groups excluding carboxylic acids is 1. The van der Waals surface area contributed by atoms with Gasteiger partial charge in [-0.05, 0) is 42.8 Å². The normalized spacial score (nSPS) is 13.3. The molecule has 1 amide bonds. The van der Waals surface area contributed by atoms with Crippen LogP contribution in [0.1, 0.15) is 30.0 Å². The van der Waals surface area contributed by atoms with Crippen LogP contribution >= 0.6 is 15.9 Å². The van der Waals surface area contributed by atoms with Gasteiger partial charge in [-0.25, -0.2) is 8.42 Å². The molecule has 0 spiro atoms. The molecule has 0 aliphatic rings. The second-order valence-electron chi connectivity index (χ2n) is 5.94. The molecule has 0 radical (unpaired) electrons. The molecule has 8 heteroatoms. The van der Waals surface area contributed by atoms with Crippen molar-refractivity contribution in [2.24, 2.45) is 0 Å². The fourth-order valence-corrected chi connectivity index (χ4v) is 2.79. The van der Waals surface area contributed by atoms with Crippen LogP contribution in [0.4, 0.5) is 0 Å². The number of amides is 1. The molecular weight excluding hydrogens is 420 g/mol. The molecule has 140 valence electrons. The van der Waals surface area contributed by atoms with Crippen molar-refractivity contribution in [1.29, 1.82) is 0 Å². The van der Waals surface area contributed by atoms with Crippen LogP contribution in [0.3, 0.4) is 0 Å². The number of furan rings is 1. The lowest BCUT2D eigenvalue weighted by Gasteiger charge is -2.12. The highest BCUT2D eigenvalue weighted by molar-refractivity contribution is 9.10. The predicted molar refractivity (Wildman–Crippen MR) is 105 cm³/mol. The van der Waals surface area contributed by atoms with Gasteiger partial charge in [-0.15, -0.1) is 0 Å². The van der Waals surface area contributed by atoms with Crippen molar-refractivity contribution >= 4 is 37.9 Å². The Kier molecular flexibility index (Phi) is 6.80. The minimum Gasteiger partial charge on any atom is -0.460 e. The maximum absolute atomic E-state index is 12.0. The van der Waals surface area contributed by atoms with E-state index in [1.54, 1.807) is 18.2 Å². The van der Waals surface area contributed by atoms with Crippen molar-refractivity contribution < 1.29 is 17.6 Å². The Bertz CT molecular complexity index is 888. The first-order chi connectivity index (χ1) is 12.1. The van der Waals surface area contributed by atoms with Gasteiger partial charge >= 0.3 is 0 Å². The lowest BCUT2D eigenvalue weighted by atomic mass is 10.1. The van der Waals surface area contributed by atoms with Gasteiger partial charge < -0.3 is 9.73 Å². The fourth-order valence-electron chi connectivity index (χ4n) is 2.16. The van der Waals surface area contributed by atoms with E-state index in [9.17, 15) is 13.2 Å². The van der Waals surface area contributed by atoms with E-state index in [2.05, 4.69) is 21.2 Å². The van der Waals surface area contributed by atoms with E-state index in [-0.39, 0.29) is 18.5 Å². The third kappa shape index (κ3) is 6.12. The first-order valence-corrected chi connectivity index (χ1v) is 10.5. The highest BCUT2D eigenvalue weighted by Crippen LogP contribution is 2.17. The Morgan fingerprint density at radius 3 is 2.54 bits per heavy atom. The van der Waals surface area contributed by atoms with Gasteiger partial charge in [0.25, 0.3) is 0 Å². The standard InChI is InChI=1S/C18H21BrN2O4S/c1-13(14-4-6-15(19)7-5-14)20-18(22)11-10-16-8-9-17(25-16)12-21(2)26(3,23)24/h4-11,13H,12H2,1-3H3,(H,20,22)/b11-10+. The largest absolute Gasteiger partial charge is 0.460 e. The monoisotopic (exact) mass is 440 g/mol. The summed E-state index contributed by atoms with van der Waals surface area (Å²) in [5.74, 6) is 0.737. The molecule has 0 saturated heterocycles. The predicted octanol–water partition coefficient (Wildman–Crippen LogP) is 3.32. The van der Waals surface area contributed by atoms with Crippen LogP contribution in [0.2, 0.25) is 0 Å². The summed E-state index contributed by atoms with van der Waals surface area (Å²) in [7, 11) is -1.80. The van der Waals surface area contributed by atoms with Crippen molar-refractivity contribution in [2.45, 2.75) is 19.5 Å². The highest BCUT2D eigenvalue weighted by atomic mass is 79.9. The number of sulfonamides is 1. The van der Waals surface area contributed by atoms with Gasteiger partial charge in [-0.2, -0.15) is 4.31 Å². The number of rotatable bonds is 7.